The zero-order valence-corrected chi connectivity index (χ0v) is 16.3. The first-order valence-electron chi connectivity index (χ1n) is 8.88. The van der Waals surface area contributed by atoms with Crippen molar-refractivity contribution in [3.63, 3.8) is 0 Å². The van der Waals surface area contributed by atoms with Crippen LogP contribution < -0.4 is 15.4 Å². The van der Waals surface area contributed by atoms with Crippen molar-refractivity contribution in [2.75, 3.05) is 5.32 Å². The molecule has 0 fully saturated rings. The highest BCUT2D eigenvalue weighted by molar-refractivity contribution is 7.81. The van der Waals surface area contributed by atoms with Crippen LogP contribution in [0.25, 0.3) is 0 Å². The van der Waals surface area contributed by atoms with E-state index in [1.807, 2.05) is 30.3 Å². The van der Waals surface area contributed by atoms with Gasteiger partial charge >= 0.3 is 0 Å². The van der Waals surface area contributed by atoms with E-state index in [9.17, 15) is 10.0 Å². The van der Waals surface area contributed by atoms with Crippen LogP contribution in [0, 0.1) is 10.6 Å². The van der Waals surface area contributed by atoms with E-state index in [0.29, 0.717) is 23.5 Å². The van der Waals surface area contributed by atoms with Gasteiger partial charge in [-0.25, -0.2) is 0 Å². The molecule has 1 aromatic heterocycles. The molecule has 0 radical (unpaired) electrons. The van der Waals surface area contributed by atoms with Crippen molar-refractivity contribution in [2.45, 2.75) is 33.2 Å². The lowest BCUT2D eigenvalue weighted by Gasteiger charge is -2.33. The number of carbonyl (C=O) groups is 1. The molecule has 0 aliphatic heterocycles. The molecule has 0 bridgehead atoms. The molecule has 2 N–H and O–H groups in total. The van der Waals surface area contributed by atoms with Gasteiger partial charge in [-0.1, -0.05) is 44.3 Å². The van der Waals surface area contributed by atoms with Crippen LogP contribution in [0.5, 0.6) is 0 Å². The van der Waals surface area contributed by atoms with Gasteiger partial charge in [0.05, 0.1) is 5.57 Å². The molecule has 3 rings (SSSR count). The molecular weight excluding hydrogens is 358 g/mol. The van der Waals surface area contributed by atoms with Gasteiger partial charge in [-0.15, -0.1) is 0 Å². The summed E-state index contributed by atoms with van der Waals surface area (Å²) in [5.41, 5.74) is 3.10. The number of thiocarbonyl (C=S) groups is 1. The van der Waals surface area contributed by atoms with Gasteiger partial charge in [0, 0.05) is 36.5 Å². The van der Waals surface area contributed by atoms with Crippen LogP contribution in [0.2, 0.25) is 0 Å². The summed E-state index contributed by atoms with van der Waals surface area (Å²) in [6.07, 6.45) is 4.12. The van der Waals surface area contributed by atoms with Gasteiger partial charge in [-0.05, 0) is 29.5 Å². The number of pyridine rings is 1. The van der Waals surface area contributed by atoms with Crippen LogP contribution in [0.4, 0.5) is 5.69 Å². The third kappa shape index (κ3) is 4.92. The molecule has 1 aromatic carbocycles. The van der Waals surface area contributed by atoms with Crippen LogP contribution >= 0.6 is 12.2 Å². The summed E-state index contributed by atoms with van der Waals surface area (Å²) in [6, 6.07) is 13.1. The fourth-order valence-electron chi connectivity index (χ4n) is 3.22. The minimum atomic E-state index is -0.125. The molecule has 1 aliphatic rings. The zero-order chi connectivity index (χ0) is 19.4. The molecule has 0 atom stereocenters. The molecule has 2 aromatic rings. The first-order chi connectivity index (χ1) is 12.8. The molecule has 0 amide bonds. The van der Waals surface area contributed by atoms with Crippen LogP contribution in [0.1, 0.15) is 32.3 Å². The number of hydrogen-bond donors (Lipinski definition) is 2. The fraction of sp³-hybridized carbons (Fsp3) is 0.286. The van der Waals surface area contributed by atoms with Crippen LogP contribution in [0.15, 0.2) is 66.1 Å². The van der Waals surface area contributed by atoms with Crippen molar-refractivity contribution < 1.29 is 9.52 Å². The Morgan fingerprint density at radius 3 is 2.48 bits per heavy atom. The van der Waals surface area contributed by atoms with E-state index < -0.39 is 0 Å². The number of para-hydroxylation sites is 1. The lowest BCUT2D eigenvalue weighted by atomic mass is 9.75. The topological polar surface area (TPSA) is 68.1 Å². The van der Waals surface area contributed by atoms with Gasteiger partial charge in [-0.2, -0.15) is 4.73 Å². The number of hydrogen-bond acceptors (Lipinski definition) is 4. The second-order valence-electron chi connectivity index (χ2n) is 7.53. The molecule has 0 saturated carbocycles. The van der Waals surface area contributed by atoms with Crippen molar-refractivity contribution in [3.05, 3.63) is 76.9 Å². The van der Waals surface area contributed by atoms with Gasteiger partial charge in [0.2, 0.25) is 0 Å². The molecule has 1 heterocycles. The lowest BCUT2D eigenvalue weighted by molar-refractivity contribution is -0.605. The molecule has 5 nitrogen and oxygen atoms in total. The summed E-state index contributed by atoms with van der Waals surface area (Å²) in [4.78, 5) is 13.3. The van der Waals surface area contributed by atoms with Crippen LogP contribution in [-0.4, -0.2) is 10.8 Å². The Kier molecular flexibility index (Phi) is 5.56. The number of nitrogens with one attached hydrogen (secondary N) is 2. The standard InChI is InChI=1S/C21H23N3O2S/c1-21(2)12-17(22-14-15-8-10-24(26)11-9-15)19(18(25)13-21)20(27)23-16-6-4-3-5-7-16/h3-11,22H,12-14H2,1-2H3,(H,23,27). The number of carbonyl (C=O) groups excluding carboxylic acids is 1. The minimum absolute atomic E-state index is 0.0487. The maximum absolute atomic E-state index is 12.8. The van der Waals surface area contributed by atoms with E-state index in [1.165, 1.54) is 12.4 Å². The number of aromatic nitrogens is 1. The van der Waals surface area contributed by atoms with Crippen molar-refractivity contribution in [1.29, 1.82) is 0 Å². The van der Waals surface area contributed by atoms with Crippen molar-refractivity contribution in [2.24, 2.45) is 5.41 Å². The van der Waals surface area contributed by atoms with Crippen molar-refractivity contribution in [3.8, 4) is 0 Å². The third-order valence-corrected chi connectivity index (χ3v) is 4.82. The highest BCUT2D eigenvalue weighted by Gasteiger charge is 2.34. The fourth-order valence-corrected chi connectivity index (χ4v) is 3.58. The van der Waals surface area contributed by atoms with Gasteiger partial charge in [-0.3, -0.25) is 4.79 Å². The molecule has 0 saturated heterocycles. The second kappa shape index (κ2) is 7.88. The predicted octanol–water partition coefficient (Wildman–Crippen LogP) is 3.49. The van der Waals surface area contributed by atoms with Gasteiger partial charge in [0.15, 0.2) is 18.2 Å². The Morgan fingerprint density at radius 1 is 1.15 bits per heavy atom. The Labute approximate surface area is 164 Å². The molecule has 1 aliphatic carbocycles. The normalized spacial score (nSPS) is 16.1. The Balaban J connectivity index is 1.84. The van der Waals surface area contributed by atoms with Gasteiger partial charge in [0.1, 0.15) is 4.99 Å². The Hall–Kier alpha value is -2.73. The number of anilines is 1. The lowest BCUT2D eigenvalue weighted by Crippen LogP contribution is -2.35. The summed E-state index contributed by atoms with van der Waals surface area (Å²) in [5, 5.41) is 17.7. The molecule has 27 heavy (non-hydrogen) atoms. The van der Waals surface area contributed by atoms with E-state index in [0.717, 1.165) is 28.1 Å². The van der Waals surface area contributed by atoms with E-state index in [1.54, 1.807) is 12.1 Å². The molecular formula is C21H23N3O2S. The summed E-state index contributed by atoms with van der Waals surface area (Å²) in [7, 11) is 0. The van der Waals surface area contributed by atoms with Crippen molar-refractivity contribution >= 4 is 28.7 Å². The number of nitrogens with zero attached hydrogens (tertiary/aromatic N) is 1. The largest absolute Gasteiger partial charge is 0.619 e. The number of Topliss-reactive ketones (excluding diaryl/α,β-unsaturated/α-hetero) is 1. The first kappa shape index (κ1) is 19.0. The van der Waals surface area contributed by atoms with E-state index in [-0.39, 0.29) is 11.2 Å². The summed E-state index contributed by atoms with van der Waals surface area (Å²) in [5.74, 6) is 0.0487. The molecule has 140 valence electrons. The molecule has 0 spiro atoms. The number of benzene rings is 1. The SMILES string of the molecule is CC1(C)CC(=O)C(C(=S)Nc2ccccc2)=C(NCc2cc[n+]([O-])cc2)C1. The highest BCUT2D eigenvalue weighted by Crippen LogP contribution is 2.36. The van der Waals surface area contributed by atoms with Crippen LogP contribution in [0.3, 0.4) is 0 Å². The average Bonchev–Trinajstić information content (AvgIpc) is 2.60. The Morgan fingerprint density at radius 2 is 1.81 bits per heavy atom. The molecule has 6 heteroatoms. The number of allylic oxidation sites excluding steroid dienone is 1. The maximum atomic E-state index is 12.8. The first-order valence-corrected chi connectivity index (χ1v) is 9.29. The van der Waals surface area contributed by atoms with E-state index >= 15 is 0 Å². The van der Waals surface area contributed by atoms with E-state index in [2.05, 4.69) is 24.5 Å². The Bertz CT molecular complexity index is 874. The van der Waals surface area contributed by atoms with E-state index in [4.69, 9.17) is 12.2 Å². The maximum Gasteiger partial charge on any atom is 0.180 e. The van der Waals surface area contributed by atoms with Gasteiger partial charge in [0.25, 0.3) is 0 Å². The quantitative estimate of drug-likeness (QED) is 0.471. The smallest absolute Gasteiger partial charge is 0.180 e. The monoisotopic (exact) mass is 381 g/mol. The van der Waals surface area contributed by atoms with Gasteiger partial charge < -0.3 is 15.8 Å². The summed E-state index contributed by atoms with van der Waals surface area (Å²) >= 11 is 5.56. The second-order valence-corrected chi connectivity index (χ2v) is 7.94. The molecule has 0 unspecified atom stereocenters. The minimum Gasteiger partial charge on any atom is -0.619 e. The average molecular weight is 382 g/mol. The number of ketones is 1. The third-order valence-electron chi connectivity index (χ3n) is 4.51. The highest BCUT2D eigenvalue weighted by atomic mass is 32.1. The van der Waals surface area contributed by atoms with Crippen molar-refractivity contribution in [1.82, 2.24) is 5.32 Å². The zero-order valence-electron chi connectivity index (χ0n) is 15.5. The number of rotatable bonds is 5. The van der Waals surface area contributed by atoms with Crippen LogP contribution in [-0.2, 0) is 11.3 Å². The summed E-state index contributed by atoms with van der Waals surface area (Å²) in [6.45, 7) is 4.69. The summed E-state index contributed by atoms with van der Waals surface area (Å²) < 4.78 is 0.750. The predicted molar refractivity (Wildman–Crippen MR) is 110 cm³/mol.